The van der Waals surface area contributed by atoms with Crippen molar-refractivity contribution in [2.24, 2.45) is 0 Å². The SMILES string of the molecule is CN(C)/C=C1\CCc2c([nH]c3ccc(C#N)cc23)C1=O. The highest BCUT2D eigenvalue weighted by Gasteiger charge is 2.26. The third-order valence-electron chi connectivity index (χ3n) is 3.61. The van der Waals surface area contributed by atoms with Crippen LogP contribution in [0.25, 0.3) is 10.9 Å². The van der Waals surface area contributed by atoms with E-state index in [0.717, 1.165) is 34.9 Å². The van der Waals surface area contributed by atoms with Crippen molar-refractivity contribution in [3.05, 3.63) is 46.8 Å². The Balaban J connectivity index is 2.16. The highest BCUT2D eigenvalue weighted by molar-refractivity contribution is 6.12. The third-order valence-corrected chi connectivity index (χ3v) is 3.61. The van der Waals surface area contributed by atoms with Crippen LogP contribution in [0.15, 0.2) is 30.0 Å². The summed E-state index contributed by atoms with van der Waals surface area (Å²) in [5.41, 5.74) is 4.09. The van der Waals surface area contributed by atoms with Gasteiger partial charge in [-0.3, -0.25) is 4.79 Å². The number of aromatic nitrogens is 1. The minimum atomic E-state index is 0.0645. The molecule has 1 aliphatic rings. The van der Waals surface area contributed by atoms with Crippen LogP contribution in [0.5, 0.6) is 0 Å². The van der Waals surface area contributed by atoms with Crippen LogP contribution in [0, 0.1) is 11.3 Å². The molecule has 4 nitrogen and oxygen atoms in total. The van der Waals surface area contributed by atoms with Crippen molar-refractivity contribution in [3.63, 3.8) is 0 Å². The molecule has 2 aromatic rings. The second kappa shape index (κ2) is 4.53. The largest absolute Gasteiger partial charge is 0.383 e. The molecule has 1 aliphatic carbocycles. The second-order valence-corrected chi connectivity index (χ2v) is 5.30. The molecule has 0 radical (unpaired) electrons. The van der Waals surface area contributed by atoms with Gasteiger partial charge in [0.25, 0.3) is 0 Å². The summed E-state index contributed by atoms with van der Waals surface area (Å²) in [5, 5.41) is 9.99. The van der Waals surface area contributed by atoms with E-state index in [-0.39, 0.29) is 5.78 Å². The summed E-state index contributed by atoms with van der Waals surface area (Å²) in [6.45, 7) is 0. The normalized spacial score (nSPS) is 16.2. The monoisotopic (exact) mass is 265 g/mol. The number of rotatable bonds is 1. The number of allylic oxidation sites excluding steroid dienone is 1. The molecule has 1 aromatic heterocycles. The molecule has 0 bridgehead atoms. The van der Waals surface area contributed by atoms with E-state index in [1.165, 1.54) is 0 Å². The molecular weight excluding hydrogens is 250 g/mol. The molecule has 0 amide bonds. The van der Waals surface area contributed by atoms with Crippen LogP contribution in [-0.4, -0.2) is 29.8 Å². The Morgan fingerprint density at radius 3 is 2.85 bits per heavy atom. The van der Waals surface area contributed by atoms with Gasteiger partial charge in [0, 0.05) is 36.8 Å². The highest BCUT2D eigenvalue weighted by Crippen LogP contribution is 2.31. The number of hydrogen-bond acceptors (Lipinski definition) is 3. The van der Waals surface area contributed by atoms with Crippen molar-refractivity contribution in [3.8, 4) is 6.07 Å². The predicted octanol–water partition coefficient (Wildman–Crippen LogP) is 2.61. The Hall–Kier alpha value is -2.54. The van der Waals surface area contributed by atoms with Crippen LogP contribution < -0.4 is 0 Å². The summed E-state index contributed by atoms with van der Waals surface area (Å²) in [5.74, 6) is 0.0645. The fourth-order valence-electron chi connectivity index (χ4n) is 2.74. The Kier molecular flexibility index (Phi) is 2.83. The topological polar surface area (TPSA) is 59.9 Å². The van der Waals surface area contributed by atoms with E-state index in [9.17, 15) is 4.79 Å². The van der Waals surface area contributed by atoms with Crippen LogP contribution in [-0.2, 0) is 6.42 Å². The number of nitrogens with zero attached hydrogens (tertiary/aromatic N) is 2. The Morgan fingerprint density at radius 2 is 2.15 bits per heavy atom. The van der Waals surface area contributed by atoms with Crippen LogP contribution in [0.4, 0.5) is 0 Å². The summed E-state index contributed by atoms with van der Waals surface area (Å²) in [6.07, 6.45) is 3.46. The summed E-state index contributed by atoms with van der Waals surface area (Å²) < 4.78 is 0. The molecule has 0 unspecified atom stereocenters. The Bertz CT molecular complexity index is 775. The zero-order valence-electron chi connectivity index (χ0n) is 11.5. The number of benzene rings is 1. The number of fused-ring (bicyclic) bond motifs is 3. The molecule has 4 heteroatoms. The first kappa shape index (κ1) is 12.5. The van der Waals surface area contributed by atoms with E-state index >= 15 is 0 Å². The van der Waals surface area contributed by atoms with Crippen LogP contribution in [0.2, 0.25) is 0 Å². The second-order valence-electron chi connectivity index (χ2n) is 5.30. The maximum Gasteiger partial charge on any atom is 0.206 e. The molecule has 1 N–H and O–H groups in total. The molecule has 0 fully saturated rings. The summed E-state index contributed by atoms with van der Waals surface area (Å²) in [4.78, 5) is 17.6. The number of aryl methyl sites for hydroxylation is 1. The van der Waals surface area contributed by atoms with Gasteiger partial charge < -0.3 is 9.88 Å². The van der Waals surface area contributed by atoms with Gasteiger partial charge in [0.2, 0.25) is 5.78 Å². The summed E-state index contributed by atoms with van der Waals surface area (Å²) in [6, 6.07) is 7.64. The lowest BCUT2D eigenvalue weighted by Crippen LogP contribution is -2.16. The minimum absolute atomic E-state index is 0.0645. The molecule has 0 aliphatic heterocycles. The van der Waals surface area contributed by atoms with E-state index < -0.39 is 0 Å². The third kappa shape index (κ3) is 1.88. The maximum absolute atomic E-state index is 12.5. The van der Waals surface area contributed by atoms with Crippen molar-refractivity contribution in [1.29, 1.82) is 5.26 Å². The predicted molar refractivity (Wildman–Crippen MR) is 77.4 cm³/mol. The van der Waals surface area contributed by atoms with E-state index in [0.29, 0.717) is 11.3 Å². The fraction of sp³-hybridized carbons (Fsp3) is 0.250. The van der Waals surface area contributed by atoms with Gasteiger partial charge in [-0.1, -0.05) is 0 Å². The van der Waals surface area contributed by atoms with Crippen molar-refractivity contribution >= 4 is 16.7 Å². The molecule has 100 valence electrons. The molecular formula is C16H15N3O. The van der Waals surface area contributed by atoms with E-state index in [2.05, 4.69) is 11.1 Å². The minimum Gasteiger partial charge on any atom is -0.383 e. The smallest absolute Gasteiger partial charge is 0.206 e. The summed E-state index contributed by atoms with van der Waals surface area (Å²) in [7, 11) is 3.83. The molecule has 20 heavy (non-hydrogen) atoms. The maximum atomic E-state index is 12.5. The fourth-order valence-corrected chi connectivity index (χ4v) is 2.74. The van der Waals surface area contributed by atoms with Gasteiger partial charge in [0.15, 0.2) is 0 Å². The number of carbonyl (C=O) groups excluding carboxylic acids is 1. The molecule has 1 heterocycles. The number of nitrogens with one attached hydrogen (secondary N) is 1. The highest BCUT2D eigenvalue weighted by atomic mass is 16.1. The van der Waals surface area contributed by atoms with Gasteiger partial charge >= 0.3 is 0 Å². The van der Waals surface area contributed by atoms with Gasteiger partial charge in [-0.25, -0.2) is 0 Å². The van der Waals surface area contributed by atoms with Gasteiger partial charge in [-0.2, -0.15) is 5.26 Å². The molecule has 1 aromatic carbocycles. The zero-order valence-corrected chi connectivity index (χ0v) is 11.5. The molecule has 0 saturated carbocycles. The van der Waals surface area contributed by atoms with Gasteiger partial charge in [-0.15, -0.1) is 0 Å². The average molecular weight is 265 g/mol. The van der Waals surface area contributed by atoms with Crippen LogP contribution in [0.1, 0.15) is 28.0 Å². The van der Waals surface area contributed by atoms with Crippen molar-refractivity contribution < 1.29 is 4.79 Å². The first-order valence-corrected chi connectivity index (χ1v) is 6.56. The average Bonchev–Trinajstić information content (AvgIpc) is 2.80. The number of carbonyl (C=O) groups is 1. The molecule has 0 spiro atoms. The van der Waals surface area contributed by atoms with Crippen LogP contribution >= 0.6 is 0 Å². The molecule has 3 rings (SSSR count). The Morgan fingerprint density at radius 1 is 1.35 bits per heavy atom. The first-order chi connectivity index (χ1) is 9.60. The number of hydrogen-bond donors (Lipinski definition) is 1. The first-order valence-electron chi connectivity index (χ1n) is 6.56. The van der Waals surface area contributed by atoms with Crippen molar-refractivity contribution in [2.75, 3.05) is 14.1 Å². The standard InChI is InChI=1S/C16H15N3O/c1-19(2)9-11-4-5-12-13-7-10(8-17)3-6-14(13)18-15(12)16(11)20/h3,6-7,9,18H,4-5H2,1-2H3/b11-9+. The number of Topliss-reactive ketones (excluding diaryl/α,β-unsaturated/α-hetero) is 1. The van der Waals surface area contributed by atoms with Gasteiger partial charge in [0.05, 0.1) is 17.3 Å². The zero-order chi connectivity index (χ0) is 14.3. The van der Waals surface area contributed by atoms with E-state index in [4.69, 9.17) is 5.26 Å². The number of H-pyrrole nitrogens is 1. The lowest BCUT2D eigenvalue weighted by Gasteiger charge is -2.16. The van der Waals surface area contributed by atoms with E-state index in [1.807, 2.05) is 37.3 Å². The van der Waals surface area contributed by atoms with Crippen molar-refractivity contribution in [1.82, 2.24) is 9.88 Å². The summed E-state index contributed by atoms with van der Waals surface area (Å²) >= 11 is 0. The molecule has 0 saturated heterocycles. The van der Waals surface area contributed by atoms with Crippen molar-refractivity contribution in [2.45, 2.75) is 12.8 Å². The van der Waals surface area contributed by atoms with E-state index in [1.54, 1.807) is 6.07 Å². The quantitative estimate of drug-likeness (QED) is 0.806. The number of nitriles is 1. The number of aromatic amines is 1. The van der Waals surface area contributed by atoms with Crippen LogP contribution in [0.3, 0.4) is 0 Å². The van der Waals surface area contributed by atoms with Gasteiger partial charge in [-0.05, 0) is 36.6 Å². The lowest BCUT2D eigenvalue weighted by atomic mass is 9.90. The molecule has 0 atom stereocenters. The Labute approximate surface area is 117 Å². The number of ketones is 1. The van der Waals surface area contributed by atoms with Gasteiger partial charge in [0.1, 0.15) is 0 Å². The lowest BCUT2D eigenvalue weighted by molar-refractivity contribution is 0.102.